The molecule has 24 heavy (non-hydrogen) atoms. The standard InChI is InChI=1S/C20H24N2O2/c1-15-12-17(7-10-19(15)24-2)14-21-13-16-5-8-18(9-6-16)22-11-3-4-20(22)23/h5-10,12,21H,3-4,11,13-14H2,1-2H3. The van der Waals surface area contributed by atoms with E-state index in [1.165, 1.54) is 11.1 Å². The van der Waals surface area contributed by atoms with Gasteiger partial charge in [0.05, 0.1) is 7.11 Å². The first-order valence-corrected chi connectivity index (χ1v) is 8.41. The van der Waals surface area contributed by atoms with Crippen molar-refractivity contribution >= 4 is 11.6 Å². The number of methoxy groups -OCH3 is 1. The molecule has 1 amide bonds. The van der Waals surface area contributed by atoms with Crippen molar-refractivity contribution in [3.8, 4) is 5.75 Å². The summed E-state index contributed by atoms with van der Waals surface area (Å²) in [5, 5.41) is 3.46. The second kappa shape index (κ2) is 7.49. The van der Waals surface area contributed by atoms with E-state index < -0.39 is 0 Å². The topological polar surface area (TPSA) is 41.6 Å². The fourth-order valence-electron chi connectivity index (χ4n) is 3.12. The van der Waals surface area contributed by atoms with Gasteiger partial charge < -0.3 is 15.0 Å². The van der Waals surface area contributed by atoms with E-state index in [0.717, 1.165) is 43.1 Å². The Bertz CT molecular complexity index is 710. The van der Waals surface area contributed by atoms with E-state index >= 15 is 0 Å². The summed E-state index contributed by atoms with van der Waals surface area (Å²) < 4.78 is 5.29. The van der Waals surface area contributed by atoms with Gasteiger partial charge in [-0.25, -0.2) is 0 Å². The number of amides is 1. The quantitative estimate of drug-likeness (QED) is 0.885. The molecule has 2 aromatic carbocycles. The Balaban J connectivity index is 1.53. The molecule has 0 aromatic heterocycles. The second-order valence-corrected chi connectivity index (χ2v) is 6.22. The van der Waals surface area contributed by atoms with Crippen molar-refractivity contribution in [2.75, 3.05) is 18.6 Å². The van der Waals surface area contributed by atoms with Crippen LogP contribution in [0, 0.1) is 6.92 Å². The van der Waals surface area contributed by atoms with Gasteiger partial charge in [0.1, 0.15) is 5.75 Å². The van der Waals surface area contributed by atoms with Gasteiger partial charge in [-0.15, -0.1) is 0 Å². The van der Waals surface area contributed by atoms with Crippen LogP contribution in [0.4, 0.5) is 5.69 Å². The molecule has 126 valence electrons. The number of carbonyl (C=O) groups excluding carboxylic acids is 1. The maximum Gasteiger partial charge on any atom is 0.227 e. The Kier molecular flexibility index (Phi) is 5.16. The van der Waals surface area contributed by atoms with Gasteiger partial charge in [0.25, 0.3) is 0 Å². The van der Waals surface area contributed by atoms with Crippen LogP contribution in [0.1, 0.15) is 29.5 Å². The third-order valence-corrected chi connectivity index (χ3v) is 4.44. The molecular formula is C20H24N2O2. The van der Waals surface area contributed by atoms with Crippen LogP contribution < -0.4 is 15.0 Å². The number of carbonyl (C=O) groups is 1. The van der Waals surface area contributed by atoms with E-state index in [9.17, 15) is 4.79 Å². The molecule has 1 aliphatic heterocycles. The van der Waals surface area contributed by atoms with Crippen molar-refractivity contribution in [1.29, 1.82) is 0 Å². The molecule has 1 N–H and O–H groups in total. The third kappa shape index (κ3) is 3.77. The Morgan fingerprint density at radius 1 is 1.08 bits per heavy atom. The van der Waals surface area contributed by atoms with Crippen LogP contribution in [0.2, 0.25) is 0 Å². The number of nitrogens with one attached hydrogen (secondary N) is 1. The zero-order chi connectivity index (χ0) is 16.9. The lowest BCUT2D eigenvalue weighted by molar-refractivity contribution is -0.117. The summed E-state index contributed by atoms with van der Waals surface area (Å²) in [6.07, 6.45) is 1.63. The van der Waals surface area contributed by atoms with Gasteiger partial charge in [-0.2, -0.15) is 0 Å². The van der Waals surface area contributed by atoms with E-state index in [1.54, 1.807) is 7.11 Å². The molecule has 1 aliphatic rings. The molecule has 0 spiro atoms. The summed E-state index contributed by atoms with van der Waals surface area (Å²) in [6, 6.07) is 14.5. The Morgan fingerprint density at radius 2 is 1.79 bits per heavy atom. The van der Waals surface area contributed by atoms with Gasteiger partial charge in [0.15, 0.2) is 0 Å². The number of hydrogen-bond acceptors (Lipinski definition) is 3. The molecule has 1 heterocycles. The molecule has 1 saturated heterocycles. The number of benzene rings is 2. The van der Waals surface area contributed by atoms with Crippen molar-refractivity contribution in [3.05, 3.63) is 59.2 Å². The van der Waals surface area contributed by atoms with Gasteiger partial charge in [0.2, 0.25) is 5.91 Å². The molecule has 0 aliphatic carbocycles. The Hall–Kier alpha value is -2.33. The Morgan fingerprint density at radius 3 is 2.42 bits per heavy atom. The molecule has 3 rings (SSSR count). The third-order valence-electron chi connectivity index (χ3n) is 4.44. The van der Waals surface area contributed by atoms with Crippen LogP contribution in [0.15, 0.2) is 42.5 Å². The first kappa shape index (κ1) is 16.5. The normalized spacial score (nSPS) is 14.2. The minimum absolute atomic E-state index is 0.232. The van der Waals surface area contributed by atoms with E-state index in [2.05, 4.69) is 36.5 Å². The van der Waals surface area contributed by atoms with Crippen molar-refractivity contribution in [1.82, 2.24) is 5.32 Å². The molecule has 1 fully saturated rings. The van der Waals surface area contributed by atoms with Crippen LogP contribution in [-0.4, -0.2) is 19.6 Å². The maximum atomic E-state index is 11.8. The monoisotopic (exact) mass is 324 g/mol. The highest BCUT2D eigenvalue weighted by Gasteiger charge is 2.21. The van der Waals surface area contributed by atoms with E-state index in [-0.39, 0.29) is 5.91 Å². The van der Waals surface area contributed by atoms with Crippen LogP contribution in [0.25, 0.3) is 0 Å². The van der Waals surface area contributed by atoms with Crippen LogP contribution in [-0.2, 0) is 17.9 Å². The highest BCUT2D eigenvalue weighted by Crippen LogP contribution is 2.22. The summed E-state index contributed by atoms with van der Waals surface area (Å²) in [5.41, 5.74) is 4.62. The first-order chi connectivity index (χ1) is 11.7. The zero-order valence-corrected chi connectivity index (χ0v) is 14.3. The maximum absolute atomic E-state index is 11.8. The predicted octanol–water partition coefficient (Wildman–Crippen LogP) is 3.42. The summed E-state index contributed by atoms with van der Waals surface area (Å²) in [6.45, 7) is 4.52. The highest BCUT2D eigenvalue weighted by atomic mass is 16.5. The number of nitrogens with zero attached hydrogens (tertiary/aromatic N) is 1. The number of aryl methyl sites for hydroxylation is 1. The molecular weight excluding hydrogens is 300 g/mol. The fourth-order valence-corrected chi connectivity index (χ4v) is 3.12. The SMILES string of the molecule is COc1ccc(CNCc2ccc(N3CCCC3=O)cc2)cc1C. The molecule has 0 atom stereocenters. The molecule has 4 nitrogen and oxygen atoms in total. The van der Waals surface area contributed by atoms with Crippen molar-refractivity contribution in [3.63, 3.8) is 0 Å². The summed E-state index contributed by atoms with van der Waals surface area (Å²) >= 11 is 0. The minimum atomic E-state index is 0.232. The lowest BCUT2D eigenvalue weighted by Gasteiger charge is -2.16. The molecule has 0 bridgehead atoms. The van der Waals surface area contributed by atoms with Crippen LogP contribution in [0.3, 0.4) is 0 Å². The van der Waals surface area contributed by atoms with Gasteiger partial charge in [-0.3, -0.25) is 4.79 Å². The summed E-state index contributed by atoms with van der Waals surface area (Å²) in [5.74, 6) is 1.15. The highest BCUT2D eigenvalue weighted by molar-refractivity contribution is 5.95. The van der Waals surface area contributed by atoms with Crippen molar-refractivity contribution in [2.45, 2.75) is 32.9 Å². The molecule has 0 unspecified atom stereocenters. The number of anilines is 1. The van der Waals surface area contributed by atoms with Gasteiger partial charge in [0, 0.05) is 31.7 Å². The number of hydrogen-bond donors (Lipinski definition) is 1. The van der Waals surface area contributed by atoms with Gasteiger partial charge in [-0.1, -0.05) is 24.3 Å². The molecule has 4 heteroatoms. The predicted molar refractivity (Wildman–Crippen MR) is 96.3 cm³/mol. The second-order valence-electron chi connectivity index (χ2n) is 6.22. The molecule has 0 saturated carbocycles. The van der Waals surface area contributed by atoms with E-state index in [1.807, 2.05) is 23.1 Å². The number of rotatable bonds is 6. The zero-order valence-electron chi connectivity index (χ0n) is 14.3. The molecule has 0 radical (unpaired) electrons. The van der Waals surface area contributed by atoms with Crippen molar-refractivity contribution < 1.29 is 9.53 Å². The van der Waals surface area contributed by atoms with Crippen LogP contribution >= 0.6 is 0 Å². The first-order valence-electron chi connectivity index (χ1n) is 8.41. The van der Waals surface area contributed by atoms with E-state index in [4.69, 9.17) is 4.74 Å². The summed E-state index contributed by atoms with van der Waals surface area (Å²) in [7, 11) is 1.69. The minimum Gasteiger partial charge on any atom is -0.496 e. The Labute approximate surface area is 143 Å². The fraction of sp³-hybridized carbons (Fsp3) is 0.350. The molecule has 2 aromatic rings. The van der Waals surface area contributed by atoms with Crippen LogP contribution in [0.5, 0.6) is 5.75 Å². The average Bonchev–Trinajstić information content (AvgIpc) is 3.02. The smallest absolute Gasteiger partial charge is 0.227 e. The summed E-state index contributed by atoms with van der Waals surface area (Å²) in [4.78, 5) is 13.6. The lowest BCUT2D eigenvalue weighted by atomic mass is 10.1. The lowest BCUT2D eigenvalue weighted by Crippen LogP contribution is -2.23. The van der Waals surface area contributed by atoms with Crippen molar-refractivity contribution in [2.24, 2.45) is 0 Å². The van der Waals surface area contributed by atoms with Gasteiger partial charge in [-0.05, 0) is 48.2 Å². The largest absolute Gasteiger partial charge is 0.496 e. The van der Waals surface area contributed by atoms with Gasteiger partial charge >= 0.3 is 0 Å². The average molecular weight is 324 g/mol. The number of ether oxygens (including phenoxy) is 1. The van der Waals surface area contributed by atoms with E-state index in [0.29, 0.717) is 6.42 Å².